The highest BCUT2D eigenvalue weighted by atomic mass is 16.6. The minimum atomic E-state index is -0.702. The molecule has 1 rings (SSSR count). The maximum absolute atomic E-state index is 12.1. The lowest BCUT2D eigenvalue weighted by Gasteiger charge is -2.27. The van der Waals surface area contributed by atoms with Crippen molar-refractivity contribution < 1.29 is 14.6 Å². The predicted molar refractivity (Wildman–Crippen MR) is 97.1 cm³/mol. The van der Waals surface area contributed by atoms with Gasteiger partial charge in [-0.1, -0.05) is 37.3 Å². The second kappa shape index (κ2) is 9.64. The van der Waals surface area contributed by atoms with Gasteiger partial charge in [0.15, 0.2) is 0 Å². The standard InChI is InChI=1S/C19H32N2O3/c1-6-14(2)20-13-17(22)16(12-15-10-8-7-9-11-15)21-18(23)24-19(3,4)5/h7-11,14,16-17,20,22H,6,12-13H2,1-5H3,(H,21,23)/t14?,16-,17+/m0/s1. The first-order valence-electron chi connectivity index (χ1n) is 8.66. The normalized spacial score (nSPS) is 15.4. The van der Waals surface area contributed by atoms with Crippen LogP contribution >= 0.6 is 0 Å². The number of ether oxygens (including phenoxy) is 1. The molecule has 0 aliphatic heterocycles. The summed E-state index contributed by atoms with van der Waals surface area (Å²) < 4.78 is 5.32. The summed E-state index contributed by atoms with van der Waals surface area (Å²) in [4.78, 5) is 12.1. The van der Waals surface area contributed by atoms with Crippen molar-refractivity contribution in [2.75, 3.05) is 6.54 Å². The zero-order chi connectivity index (χ0) is 18.2. The molecule has 0 radical (unpaired) electrons. The zero-order valence-electron chi connectivity index (χ0n) is 15.5. The van der Waals surface area contributed by atoms with Gasteiger partial charge in [-0.25, -0.2) is 4.79 Å². The van der Waals surface area contributed by atoms with Gasteiger partial charge in [0.1, 0.15) is 5.60 Å². The Morgan fingerprint density at radius 3 is 2.42 bits per heavy atom. The minimum absolute atomic E-state index is 0.318. The number of hydrogen-bond acceptors (Lipinski definition) is 4. The number of nitrogens with one attached hydrogen (secondary N) is 2. The number of alkyl carbamates (subject to hydrolysis) is 1. The van der Waals surface area contributed by atoms with E-state index in [0.717, 1.165) is 12.0 Å². The first-order valence-corrected chi connectivity index (χ1v) is 8.66. The Morgan fingerprint density at radius 1 is 1.25 bits per heavy atom. The number of carbonyl (C=O) groups excluding carboxylic acids is 1. The van der Waals surface area contributed by atoms with Gasteiger partial charge in [-0.3, -0.25) is 0 Å². The Balaban J connectivity index is 2.72. The second-order valence-electron chi connectivity index (χ2n) is 7.23. The van der Waals surface area contributed by atoms with Gasteiger partial charge in [0.25, 0.3) is 0 Å². The van der Waals surface area contributed by atoms with Crippen LogP contribution in [0.2, 0.25) is 0 Å². The topological polar surface area (TPSA) is 70.6 Å². The molecule has 0 spiro atoms. The largest absolute Gasteiger partial charge is 0.444 e. The maximum Gasteiger partial charge on any atom is 0.407 e. The number of amides is 1. The third kappa shape index (κ3) is 8.31. The number of aliphatic hydroxyl groups is 1. The molecule has 1 aromatic rings. The third-order valence-corrected chi connectivity index (χ3v) is 3.75. The molecular formula is C19H32N2O3. The summed E-state index contributed by atoms with van der Waals surface area (Å²) in [5.41, 5.74) is 0.488. The van der Waals surface area contributed by atoms with Crippen molar-refractivity contribution >= 4 is 6.09 Å². The lowest BCUT2D eigenvalue weighted by Crippen LogP contribution is -2.50. The molecule has 24 heavy (non-hydrogen) atoms. The van der Waals surface area contributed by atoms with E-state index in [1.165, 1.54) is 0 Å². The average molecular weight is 336 g/mol. The average Bonchev–Trinajstić information content (AvgIpc) is 2.50. The quantitative estimate of drug-likeness (QED) is 0.683. The Labute approximate surface area is 145 Å². The Kier molecular flexibility index (Phi) is 8.22. The lowest BCUT2D eigenvalue weighted by atomic mass is 10.0. The molecule has 0 saturated heterocycles. The summed E-state index contributed by atoms with van der Waals surface area (Å²) >= 11 is 0. The van der Waals surface area contributed by atoms with Gasteiger partial charge in [-0.15, -0.1) is 0 Å². The fourth-order valence-electron chi connectivity index (χ4n) is 2.22. The number of aliphatic hydroxyl groups excluding tert-OH is 1. The van der Waals surface area contributed by atoms with E-state index >= 15 is 0 Å². The lowest BCUT2D eigenvalue weighted by molar-refractivity contribution is 0.0420. The van der Waals surface area contributed by atoms with Gasteiger partial charge < -0.3 is 20.5 Å². The molecule has 1 aromatic carbocycles. The number of benzene rings is 1. The SMILES string of the molecule is CCC(C)NC[C@@H](O)[C@H](Cc1ccccc1)NC(=O)OC(C)(C)C. The number of rotatable bonds is 8. The molecule has 3 N–H and O–H groups in total. The van der Waals surface area contributed by atoms with E-state index in [4.69, 9.17) is 4.74 Å². The van der Waals surface area contributed by atoms with E-state index in [-0.39, 0.29) is 0 Å². The number of hydrogen-bond donors (Lipinski definition) is 3. The van der Waals surface area contributed by atoms with E-state index in [0.29, 0.717) is 19.0 Å². The molecule has 0 aromatic heterocycles. The van der Waals surface area contributed by atoms with Crippen molar-refractivity contribution in [2.45, 2.75) is 71.2 Å². The molecule has 5 nitrogen and oxygen atoms in total. The molecule has 1 unspecified atom stereocenters. The van der Waals surface area contributed by atoms with E-state index in [1.807, 2.05) is 51.1 Å². The minimum Gasteiger partial charge on any atom is -0.444 e. The molecule has 0 heterocycles. The third-order valence-electron chi connectivity index (χ3n) is 3.75. The van der Waals surface area contributed by atoms with Crippen LogP contribution in [0.4, 0.5) is 4.79 Å². The van der Waals surface area contributed by atoms with Gasteiger partial charge in [0.05, 0.1) is 12.1 Å². The van der Waals surface area contributed by atoms with E-state index in [9.17, 15) is 9.90 Å². The molecule has 5 heteroatoms. The fourth-order valence-corrected chi connectivity index (χ4v) is 2.22. The summed E-state index contributed by atoms with van der Waals surface area (Å²) in [6.07, 6.45) is 0.316. The molecule has 0 aliphatic carbocycles. The highest BCUT2D eigenvalue weighted by molar-refractivity contribution is 5.68. The van der Waals surface area contributed by atoms with Gasteiger partial charge >= 0.3 is 6.09 Å². The van der Waals surface area contributed by atoms with Crippen molar-refractivity contribution in [1.29, 1.82) is 0 Å². The summed E-state index contributed by atoms with van der Waals surface area (Å²) in [5.74, 6) is 0. The van der Waals surface area contributed by atoms with Crippen molar-refractivity contribution in [3.8, 4) is 0 Å². The molecular weight excluding hydrogens is 304 g/mol. The van der Waals surface area contributed by atoms with Crippen LogP contribution in [0.1, 0.15) is 46.6 Å². The monoisotopic (exact) mass is 336 g/mol. The van der Waals surface area contributed by atoms with Crippen LogP contribution in [0, 0.1) is 0 Å². The Morgan fingerprint density at radius 2 is 1.88 bits per heavy atom. The van der Waals surface area contributed by atoms with Crippen molar-refractivity contribution in [2.24, 2.45) is 0 Å². The highest BCUT2D eigenvalue weighted by Crippen LogP contribution is 2.10. The Bertz CT molecular complexity index is 485. The highest BCUT2D eigenvalue weighted by Gasteiger charge is 2.25. The van der Waals surface area contributed by atoms with E-state index in [1.54, 1.807) is 0 Å². The van der Waals surface area contributed by atoms with Crippen LogP contribution in [-0.2, 0) is 11.2 Å². The van der Waals surface area contributed by atoms with E-state index in [2.05, 4.69) is 24.5 Å². The summed E-state index contributed by atoms with van der Waals surface area (Å²) in [6.45, 7) is 10.0. The zero-order valence-corrected chi connectivity index (χ0v) is 15.5. The van der Waals surface area contributed by atoms with E-state index < -0.39 is 23.8 Å². The molecule has 0 bridgehead atoms. The molecule has 0 aliphatic rings. The van der Waals surface area contributed by atoms with Crippen LogP contribution in [0.25, 0.3) is 0 Å². The maximum atomic E-state index is 12.1. The van der Waals surface area contributed by atoms with Crippen LogP contribution < -0.4 is 10.6 Å². The van der Waals surface area contributed by atoms with Gasteiger partial charge in [-0.05, 0) is 46.1 Å². The molecule has 3 atom stereocenters. The molecule has 0 saturated carbocycles. The number of carbonyl (C=O) groups is 1. The van der Waals surface area contributed by atoms with Crippen molar-refractivity contribution in [3.05, 3.63) is 35.9 Å². The first-order chi connectivity index (χ1) is 11.2. The smallest absolute Gasteiger partial charge is 0.407 e. The molecule has 0 fully saturated rings. The fraction of sp³-hybridized carbons (Fsp3) is 0.632. The van der Waals surface area contributed by atoms with Gasteiger partial charge in [0, 0.05) is 12.6 Å². The Hall–Kier alpha value is -1.59. The predicted octanol–water partition coefficient (Wildman–Crippen LogP) is 2.87. The van der Waals surface area contributed by atoms with Crippen LogP contribution in [0.5, 0.6) is 0 Å². The van der Waals surface area contributed by atoms with Crippen LogP contribution in [0.15, 0.2) is 30.3 Å². The first kappa shape index (κ1) is 20.5. The summed E-state index contributed by atoms with van der Waals surface area (Å²) in [6, 6.07) is 9.71. The van der Waals surface area contributed by atoms with Crippen LogP contribution in [0.3, 0.4) is 0 Å². The molecule has 1 amide bonds. The summed E-state index contributed by atoms with van der Waals surface area (Å²) in [7, 11) is 0. The van der Waals surface area contributed by atoms with Gasteiger partial charge in [-0.2, -0.15) is 0 Å². The van der Waals surface area contributed by atoms with Crippen molar-refractivity contribution in [1.82, 2.24) is 10.6 Å². The van der Waals surface area contributed by atoms with Crippen LogP contribution in [-0.4, -0.2) is 41.5 Å². The summed E-state index contributed by atoms with van der Waals surface area (Å²) in [5, 5.41) is 16.6. The van der Waals surface area contributed by atoms with Crippen molar-refractivity contribution in [3.63, 3.8) is 0 Å². The van der Waals surface area contributed by atoms with Gasteiger partial charge in [0.2, 0.25) is 0 Å². The second-order valence-corrected chi connectivity index (χ2v) is 7.23. The molecule has 136 valence electrons.